The van der Waals surface area contributed by atoms with Crippen LogP contribution in [-0.4, -0.2) is 29.3 Å². The van der Waals surface area contributed by atoms with E-state index in [1.807, 2.05) is 50.4 Å². The van der Waals surface area contributed by atoms with Crippen molar-refractivity contribution >= 4 is 5.69 Å². The van der Waals surface area contributed by atoms with Gasteiger partial charge in [0.25, 0.3) is 0 Å². The van der Waals surface area contributed by atoms with Gasteiger partial charge in [-0.3, -0.25) is 0 Å². The molecular formula is C23H34N2O2. The van der Waals surface area contributed by atoms with Crippen molar-refractivity contribution in [1.29, 1.82) is 0 Å². The highest BCUT2D eigenvalue weighted by atomic mass is 16.3. The summed E-state index contributed by atoms with van der Waals surface area (Å²) in [5.41, 5.74) is 1.65. The molecule has 0 amide bonds. The predicted octanol–water partition coefficient (Wildman–Crippen LogP) is 5.43. The van der Waals surface area contributed by atoms with Crippen LogP contribution in [0, 0.1) is 0 Å². The Morgan fingerprint density at radius 2 is 1.93 bits per heavy atom. The molecule has 1 fully saturated rings. The molecule has 1 aliphatic rings. The minimum absolute atomic E-state index is 0.239. The normalized spacial score (nSPS) is 22.5. The van der Waals surface area contributed by atoms with Crippen molar-refractivity contribution in [3.05, 3.63) is 60.5 Å². The second-order valence-corrected chi connectivity index (χ2v) is 7.18. The molecule has 0 saturated heterocycles. The van der Waals surface area contributed by atoms with E-state index in [1.165, 1.54) is 31.9 Å². The SMILES string of the molecule is C\C=C/C=C\C(=C\O)N(c1cccc(O)c1)C1CCCCCC(NC)CC1. The van der Waals surface area contributed by atoms with E-state index >= 15 is 0 Å². The number of rotatable bonds is 6. The van der Waals surface area contributed by atoms with Gasteiger partial charge in [0.05, 0.1) is 5.70 Å². The molecule has 4 nitrogen and oxygen atoms in total. The maximum atomic E-state index is 10.0. The highest BCUT2D eigenvalue weighted by molar-refractivity contribution is 5.58. The van der Waals surface area contributed by atoms with Gasteiger partial charge in [-0.1, -0.05) is 43.6 Å². The molecule has 3 N–H and O–H groups in total. The van der Waals surface area contributed by atoms with Gasteiger partial charge in [0.2, 0.25) is 0 Å². The van der Waals surface area contributed by atoms with E-state index in [4.69, 9.17) is 0 Å². The molecule has 27 heavy (non-hydrogen) atoms. The standard InChI is InChI=1S/C23H34N2O2/c1-3-4-6-12-22(18-26)25(21-13-9-14-23(27)17-21)20-11-8-5-7-10-19(24-2)15-16-20/h3-4,6,9,12-14,17-20,24,26-27H,5,7-8,10-11,15-16H2,1-2H3/b4-3-,12-6-,22-18-. The molecule has 0 radical (unpaired) electrons. The van der Waals surface area contributed by atoms with Gasteiger partial charge in [-0.2, -0.15) is 0 Å². The van der Waals surface area contributed by atoms with Crippen molar-refractivity contribution in [2.24, 2.45) is 0 Å². The number of phenols is 1. The van der Waals surface area contributed by atoms with Gasteiger partial charge >= 0.3 is 0 Å². The first kappa shape index (κ1) is 21.1. The summed E-state index contributed by atoms with van der Waals surface area (Å²) in [5.74, 6) is 0.239. The van der Waals surface area contributed by atoms with Crippen LogP contribution in [0.2, 0.25) is 0 Å². The van der Waals surface area contributed by atoms with E-state index in [2.05, 4.69) is 10.2 Å². The average molecular weight is 371 g/mol. The van der Waals surface area contributed by atoms with Crippen LogP contribution in [0.3, 0.4) is 0 Å². The molecule has 0 aliphatic heterocycles. The Kier molecular flexibility index (Phi) is 8.99. The van der Waals surface area contributed by atoms with Crippen LogP contribution < -0.4 is 10.2 Å². The Morgan fingerprint density at radius 3 is 2.63 bits per heavy atom. The third kappa shape index (κ3) is 6.47. The number of aliphatic hydroxyl groups excluding tert-OH is 1. The average Bonchev–Trinajstić information content (AvgIpc) is 2.79. The number of anilines is 1. The summed E-state index contributed by atoms with van der Waals surface area (Å²) in [4.78, 5) is 2.18. The number of hydrogen-bond acceptors (Lipinski definition) is 4. The van der Waals surface area contributed by atoms with E-state index in [-0.39, 0.29) is 11.8 Å². The van der Waals surface area contributed by atoms with Crippen molar-refractivity contribution in [1.82, 2.24) is 5.32 Å². The van der Waals surface area contributed by atoms with E-state index in [0.29, 0.717) is 6.04 Å². The number of nitrogens with one attached hydrogen (secondary N) is 1. The molecule has 148 valence electrons. The second kappa shape index (κ2) is 11.5. The fourth-order valence-corrected chi connectivity index (χ4v) is 3.84. The molecule has 1 aliphatic carbocycles. The maximum absolute atomic E-state index is 10.0. The molecule has 0 aromatic heterocycles. The zero-order valence-corrected chi connectivity index (χ0v) is 16.6. The van der Waals surface area contributed by atoms with Crippen LogP contribution in [0.5, 0.6) is 5.75 Å². The Morgan fingerprint density at radius 1 is 1.11 bits per heavy atom. The van der Waals surface area contributed by atoms with Gasteiger partial charge in [0.1, 0.15) is 12.0 Å². The number of aromatic hydroxyl groups is 1. The molecule has 2 rings (SSSR count). The fraction of sp³-hybridized carbons (Fsp3) is 0.478. The van der Waals surface area contributed by atoms with Crippen molar-refractivity contribution < 1.29 is 10.2 Å². The summed E-state index contributed by atoms with van der Waals surface area (Å²) in [7, 11) is 2.05. The number of benzene rings is 1. The summed E-state index contributed by atoms with van der Waals surface area (Å²) < 4.78 is 0. The smallest absolute Gasteiger partial charge is 0.117 e. The van der Waals surface area contributed by atoms with Crippen molar-refractivity contribution in [3.8, 4) is 5.75 Å². The number of aliphatic hydroxyl groups is 1. The third-order valence-electron chi connectivity index (χ3n) is 5.30. The van der Waals surface area contributed by atoms with E-state index in [9.17, 15) is 10.2 Å². The van der Waals surface area contributed by atoms with Gasteiger partial charge < -0.3 is 20.4 Å². The first-order valence-electron chi connectivity index (χ1n) is 10.1. The van der Waals surface area contributed by atoms with Gasteiger partial charge in [-0.15, -0.1) is 0 Å². The second-order valence-electron chi connectivity index (χ2n) is 7.18. The first-order valence-corrected chi connectivity index (χ1v) is 10.1. The van der Waals surface area contributed by atoms with Gasteiger partial charge in [0.15, 0.2) is 0 Å². The quantitative estimate of drug-likeness (QED) is 0.461. The minimum atomic E-state index is 0.239. The van der Waals surface area contributed by atoms with Crippen LogP contribution in [0.15, 0.2) is 60.5 Å². The molecule has 0 heterocycles. The van der Waals surface area contributed by atoms with Crippen molar-refractivity contribution in [3.63, 3.8) is 0 Å². The summed E-state index contributed by atoms with van der Waals surface area (Å²) >= 11 is 0. The molecule has 1 aromatic carbocycles. The number of hydrogen-bond donors (Lipinski definition) is 3. The summed E-state index contributed by atoms with van der Waals surface area (Å²) in [6.45, 7) is 1.97. The Labute approximate surface area is 163 Å². The summed E-state index contributed by atoms with van der Waals surface area (Å²) in [6.07, 6.45) is 17.0. The molecule has 0 bridgehead atoms. The van der Waals surface area contributed by atoms with Gasteiger partial charge in [-0.05, 0) is 57.9 Å². The largest absolute Gasteiger partial charge is 0.513 e. The molecule has 2 unspecified atom stereocenters. The fourth-order valence-electron chi connectivity index (χ4n) is 3.84. The van der Waals surface area contributed by atoms with Crippen molar-refractivity contribution in [2.45, 2.75) is 64.0 Å². The zero-order valence-electron chi connectivity index (χ0n) is 16.6. The maximum Gasteiger partial charge on any atom is 0.117 e. The van der Waals surface area contributed by atoms with Crippen LogP contribution >= 0.6 is 0 Å². The van der Waals surface area contributed by atoms with Crippen LogP contribution in [0.25, 0.3) is 0 Å². The van der Waals surface area contributed by atoms with Crippen LogP contribution in [0.1, 0.15) is 51.9 Å². The lowest BCUT2D eigenvalue weighted by atomic mass is 9.99. The molecule has 4 heteroatoms. The predicted molar refractivity (Wildman–Crippen MR) is 114 cm³/mol. The highest BCUT2D eigenvalue weighted by Gasteiger charge is 2.24. The molecule has 0 spiro atoms. The van der Waals surface area contributed by atoms with E-state index < -0.39 is 0 Å². The van der Waals surface area contributed by atoms with Gasteiger partial charge in [0, 0.05) is 23.8 Å². The molecule has 1 saturated carbocycles. The summed E-state index contributed by atoms with van der Waals surface area (Å²) in [5, 5.41) is 23.4. The topological polar surface area (TPSA) is 55.7 Å². The first-order chi connectivity index (χ1) is 13.2. The number of nitrogens with zero attached hydrogens (tertiary/aromatic N) is 1. The number of allylic oxidation sites excluding steroid dienone is 4. The van der Waals surface area contributed by atoms with Crippen LogP contribution in [0.4, 0.5) is 5.69 Å². The highest BCUT2D eigenvalue weighted by Crippen LogP contribution is 2.31. The lowest BCUT2D eigenvalue weighted by Crippen LogP contribution is -2.36. The third-order valence-corrected chi connectivity index (χ3v) is 5.30. The minimum Gasteiger partial charge on any atom is -0.513 e. The zero-order chi connectivity index (χ0) is 19.5. The lowest BCUT2D eigenvalue weighted by molar-refractivity contribution is 0.436. The molecular weight excluding hydrogens is 336 g/mol. The van der Waals surface area contributed by atoms with Crippen LogP contribution in [-0.2, 0) is 0 Å². The van der Waals surface area contributed by atoms with Crippen molar-refractivity contribution in [2.75, 3.05) is 11.9 Å². The Hall–Kier alpha value is -2.20. The summed E-state index contributed by atoms with van der Waals surface area (Å²) in [6, 6.07) is 8.11. The monoisotopic (exact) mass is 370 g/mol. The molecule has 2 atom stereocenters. The Bertz CT molecular complexity index is 652. The Balaban J connectivity index is 2.36. The van der Waals surface area contributed by atoms with E-state index in [0.717, 1.165) is 30.6 Å². The van der Waals surface area contributed by atoms with E-state index in [1.54, 1.807) is 12.1 Å². The lowest BCUT2D eigenvalue weighted by Gasteiger charge is -2.35. The molecule has 1 aromatic rings. The van der Waals surface area contributed by atoms with Gasteiger partial charge in [-0.25, -0.2) is 0 Å². The number of phenolic OH excluding ortho intramolecular Hbond substituents is 1.